The topological polar surface area (TPSA) is 53.1 Å². The molecule has 2 N–H and O–H groups in total. The molecule has 0 bridgehead atoms. The fourth-order valence-electron chi connectivity index (χ4n) is 2.16. The Bertz CT molecular complexity index is 638. The van der Waals surface area contributed by atoms with Gasteiger partial charge in [0.1, 0.15) is 12.4 Å². The molecule has 0 saturated heterocycles. The minimum absolute atomic E-state index is 0.0747. The van der Waals surface area contributed by atoms with Crippen LogP contribution < -0.4 is 10.5 Å². The monoisotopic (exact) mass is 415 g/mol. The minimum atomic E-state index is -0.0747. The lowest BCUT2D eigenvalue weighted by atomic mass is 10.1. The van der Waals surface area contributed by atoms with Crippen LogP contribution in [0.1, 0.15) is 36.8 Å². The smallest absolute Gasteiger partial charge is 0.131 e. The third-order valence-electron chi connectivity index (χ3n) is 3.28. The number of ether oxygens (including phenoxy) is 1. The molecule has 6 heteroatoms. The van der Waals surface area contributed by atoms with Gasteiger partial charge < -0.3 is 10.5 Å². The lowest BCUT2D eigenvalue weighted by Crippen LogP contribution is -2.10. The largest absolute Gasteiger partial charge is 0.487 e. The van der Waals surface area contributed by atoms with E-state index < -0.39 is 0 Å². The summed E-state index contributed by atoms with van der Waals surface area (Å²) in [4.78, 5) is 0. The van der Waals surface area contributed by atoms with Gasteiger partial charge in [0.2, 0.25) is 0 Å². The number of hydrogen-bond acceptors (Lipinski definition) is 3. The third kappa shape index (κ3) is 3.67. The number of benzene rings is 1. The molecule has 0 radical (unpaired) electrons. The molecule has 2 aromatic rings. The van der Waals surface area contributed by atoms with Crippen LogP contribution in [0, 0.1) is 6.92 Å². The first-order chi connectivity index (χ1) is 9.93. The van der Waals surface area contributed by atoms with E-state index in [-0.39, 0.29) is 6.04 Å². The van der Waals surface area contributed by atoms with Crippen LogP contribution in [0.25, 0.3) is 0 Å². The van der Waals surface area contributed by atoms with Gasteiger partial charge in [-0.25, -0.2) is 0 Å². The summed E-state index contributed by atoms with van der Waals surface area (Å²) in [6.07, 6.45) is 0. The van der Waals surface area contributed by atoms with Crippen molar-refractivity contribution in [1.82, 2.24) is 9.78 Å². The highest BCUT2D eigenvalue weighted by molar-refractivity contribution is 9.10. The zero-order chi connectivity index (χ0) is 15.6. The Labute approximate surface area is 141 Å². The van der Waals surface area contributed by atoms with Crippen molar-refractivity contribution in [2.45, 2.75) is 40.0 Å². The van der Waals surface area contributed by atoms with Gasteiger partial charge in [-0.3, -0.25) is 4.68 Å². The fraction of sp³-hybridized carbons (Fsp3) is 0.400. The first-order valence-electron chi connectivity index (χ1n) is 6.83. The van der Waals surface area contributed by atoms with Gasteiger partial charge in [-0.05, 0) is 48.8 Å². The first-order valence-corrected chi connectivity index (χ1v) is 8.42. The van der Waals surface area contributed by atoms with Gasteiger partial charge in [0.05, 0.1) is 15.9 Å². The van der Waals surface area contributed by atoms with Gasteiger partial charge >= 0.3 is 0 Å². The lowest BCUT2D eigenvalue weighted by Gasteiger charge is -2.15. The van der Waals surface area contributed by atoms with Gasteiger partial charge in [-0.15, -0.1) is 0 Å². The summed E-state index contributed by atoms with van der Waals surface area (Å²) in [5.74, 6) is 0.799. The maximum absolute atomic E-state index is 6.00. The van der Waals surface area contributed by atoms with Crippen LogP contribution in [-0.4, -0.2) is 9.78 Å². The molecule has 0 saturated carbocycles. The molecular weight excluding hydrogens is 398 g/mol. The van der Waals surface area contributed by atoms with Gasteiger partial charge in [0.15, 0.2) is 0 Å². The van der Waals surface area contributed by atoms with E-state index in [0.29, 0.717) is 6.61 Å². The number of nitrogens with two attached hydrogens (primary N) is 1. The molecule has 4 nitrogen and oxygen atoms in total. The summed E-state index contributed by atoms with van der Waals surface area (Å²) in [5.41, 5.74) is 9.00. The third-order valence-corrected chi connectivity index (χ3v) is 4.81. The van der Waals surface area contributed by atoms with E-state index in [2.05, 4.69) is 43.9 Å². The normalized spacial score (nSPS) is 12.5. The number of aryl methyl sites for hydroxylation is 2. The summed E-state index contributed by atoms with van der Waals surface area (Å²) in [6.45, 7) is 7.25. The molecule has 1 aromatic heterocycles. The quantitative estimate of drug-likeness (QED) is 0.788. The van der Waals surface area contributed by atoms with Crippen LogP contribution in [-0.2, 0) is 13.2 Å². The Balaban J connectivity index is 2.26. The van der Waals surface area contributed by atoms with Crippen molar-refractivity contribution < 1.29 is 4.74 Å². The highest BCUT2D eigenvalue weighted by Gasteiger charge is 2.14. The van der Waals surface area contributed by atoms with Crippen molar-refractivity contribution in [3.05, 3.63) is 44.1 Å². The molecule has 0 aliphatic rings. The molecule has 1 aromatic carbocycles. The molecule has 21 heavy (non-hydrogen) atoms. The SMILES string of the molecule is CCn1nc(C)c(Br)c1COc1cc(Br)ccc1[C@@H](C)N. The fourth-order valence-corrected chi connectivity index (χ4v) is 2.90. The summed E-state index contributed by atoms with van der Waals surface area (Å²) >= 11 is 7.05. The van der Waals surface area contributed by atoms with Gasteiger partial charge in [-0.2, -0.15) is 5.10 Å². The van der Waals surface area contributed by atoms with E-state index in [9.17, 15) is 0 Å². The number of aromatic nitrogens is 2. The molecule has 0 amide bonds. The van der Waals surface area contributed by atoms with Crippen molar-refractivity contribution in [1.29, 1.82) is 0 Å². The second-order valence-corrected chi connectivity index (χ2v) is 6.63. The zero-order valence-electron chi connectivity index (χ0n) is 12.4. The molecule has 0 unspecified atom stereocenters. The Morgan fingerprint density at radius 1 is 1.38 bits per heavy atom. The van der Waals surface area contributed by atoms with E-state index in [1.165, 1.54) is 0 Å². The molecule has 2 rings (SSSR count). The lowest BCUT2D eigenvalue weighted by molar-refractivity contribution is 0.287. The first kappa shape index (κ1) is 16.5. The predicted octanol–water partition coefficient (Wildman–Crippen LogP) is 4.34. The van der Waals surface area contributed by atoms with Crippen LogP contribution in [0.3, 0.4) is 0 Å². The number of hydrogen-bond donors (Lipinski definition) is 1. The Kier molecular flexibility index (Phi) is 5.46. The van der Waals surface area contributed by atoms with Gasteiger partial charge in [0.25, 0.3) is 0 Å². The zero-order valence-corrected chi connectivity index (χ0v) is 15.5. The number of halogens is 2. The summed E-state index contributed by atoms with van der Waals surface area (Å²) in [5, 5.41) is 4.47. The maximum Gasteiger partial charge on any atom is 0.131 e. The van der Waals surface area contributed by atoms with Crippen LogP contribution in [0.15, 0.2) is 27.1 Å². The van der Waals surface area contributed by atoms with E-state index in [1.807, 2.05) is 36.7 Å². The Morgan fingerprint density at radius 2 is 2.10 bits per heavy atom. The van der Waals surface area contributed by atoms with Crippen molar-refractivity contribution in [2.24, 2.45) is 5.73 Å². The standard InChI is InChI=1S/C15H19Br2N3O/c1-4-20-13(15(17)10(3)19-20)8-21-14-7-11(16)5-6-12(14)9(2)18/h5-7,9H,4,8,18H2,1-3H3/t9-/m1/s1. The maximum atomic E-state index is 6.00. The summed E-state index contributed by atoms with van der Waals surface area (Å²) < 4.78 is 9.92. The summed E-state index contributed by atoms with van der Waals surface area (Å²) in [6, 6.07) is 5.84. The van der Waals surface area contributed by atoms with E-state index >= 15 is 0 Å². The van der Waals surface area contributed by atoms with Crippen LogP contribution >= 0.6 is 31.9 Å². The van der Waals surface area contributed by atoms with Crippen molar-refractivity contribution in [2.75, 3.05) is 0 Å². The number of rotatable bonds is 5. The van der Waals surface area contributed by atoms with E-state index in [4.69, 9.17) is 10.5 Å². The molecule has 114 valence electrons. The minimum Gasteiger partial charge on any atom is -0.487 e. The average Bonchev–Trinajstić information content (AvgIpc) is 2.71. The second kappa shape index (κ2) is 6.94. The Morgan fingerprint density at radius 3 is 2.71 bits per heavy atom. The molecule has 0 aliphatic carbocycles. The molecule has 0 aliphatic heterocycles. The van der Waals surface area contributed by atoms with Crippen LogP contribution in [0.5, 0.6) is 5.75 Å². The molecule has 1 atom stereocenters. The van der Waals surface area contributed by atoms with Gasteiger partial charge in [0, 0.05) is 22.6 Å². The molecule has 0 fully saturated rings. The van der Waals surface area contributed by atoms with E-state index in [0.717, 1.165) is 38.2 Å². The highest BCUT2D eigenvalue weighted by atomic mass is 79.9. The predicted molar refractivity (Wildman–Crippen MR) is 91.4 cm³/mol. The number of nitrogens with zero attached hydrogens (tertiary/aromatic N) is 2. The highest BCUT2D eigenvalue weighted by Crippen LogP contribution is 2.29. The second-order valence-electron chi connectivity index (χ2n) is 4.92. The molecular formula is C15H19Br2N3O. The summed E-state index contributed by atoms with van der Waals surface area (Å²) in [7, 11) is 0. The molecule has 1 heterocycles. The van der Waals surface area contributed by atoms with Crippen molar-refractivity contribution in [3.8, 4) is 5.75 Å². The van der Waals surface area contributed by atoms with Crippen molar-refractivity contribution in [3.63, 3.8) is 0 Å². The average molecular weight is 417 g/mol. The van der Waals surface area contributed by atoms with Crippen LogP contribution in [0.2, 0.25) is 0 Å². The Hall–Kier alpha value is -0.850. The van der Waals surface area contributed by atoms with Crippen molar-refractivity contribution >= 4 is 31.9 Å². The van der Waals surface area contributed by atoms with E-state index in [1.54, 1.807) is 0 Å². The molecule has 0 spiro atoms. The van der Waals surface area contributed by atoms with Crippen LogP contribution in [0.4, 0.5) is 0 Å². The van der Waals surface area contributed by atoms with Gasteiger partial charge in [-0.1, -0.05) is 22.0 Å².